The van der Waals surface area contributed by atoms with Gasteiger partial charge in [0, 0.05) is 11.1 Å². The van der Waals surface area contributed by atoms with Gasteiger partial charge in [0.1, 0.15) is 0 Å². The van der Waals surface area contributed by atoms with Crippen molar-refractivity contribution >= 4 is 34.7 Å². The molecule has 0 aromatic heterocycles. The number of hydrogen-bond donors (Lipinski definition) is 1. The number of benzene rings is 2. The Labute approximate surface area is 117 Å². The third-order valence-corrected chi connectivity index (χ3v) is 3.19. The average Bonchev–Trinajstić information content (AvgIpc) is 2.36. The summed E-state index contributed by atoms with van der Waals surface area (Å²) in [7, 11) is 0. The second kappa shape index (κ2) is 5.15. The molecule has 0 radical (unpaired) electrons. The van der Waals surface area contributed by atoms with Crippen molar-refractivity contribution in [1.82, 2.24) is 0 Å². The molecule has 2 aromatic carbocycles. The SMILES string of the molecule is Nc1c(Cl)cccc1C(=O)c1cc(F)c(F)cc1Cl. The van der Waals surface area contributed by atoms with E-state index in [-0.39, 0.29) is 26.9 Å². The molecule has 2 aromatic rings. The van der Waals surface area contributed by atoms with Crippen LogP contribution in [0.1, 0.15) is 15.9 Å². The normalized spacial score (nSPS) is 10.5. The number of ketones is 1. The number of nitrogens with two attached hydrogens (primary N) is 1. The summed E-state index contributed by atoms with van der Waals surface area (Å²) in [5.41, 5.74) is 5.65. The van der Waals surface area contributed by atoms with Gasteiger partial charge in [0.2, 0.25) is 0 Å². The molecule has 0 atom stereocenters. The zero-order chi connectivity index (χ0) is 14.2. The lowest BCUT2D eigenvalue weighted by atomic mass is 10.0. The summed E-state index contributed by atoms with van der Waals surface area (Å²) in [5, 5.41) is 0.00725. The Morgan fingerprint density at radius 3 is 2.32 bits per heavy atom. The first-order valence-electron chi connectivity index (χ1n) is 5.15. The molecular weight excluding hydrogens is 295 g/mol. The Kier molecular flexibility index (Phi) is 3.73. The minimum absolute atomic E-state index is 0.0648. The Hall–Kier alpha value is -1.65. The first-order valence-corrected chi connectivity index (χ1v) is 5.90. The Balaban J connectivity index is 2.56. The fraction of sp³-hybridized carbons (Fsp3) is 0. The highest BCUT2D eigenvalue weighted by atomic mass is 35.5. The molecule has 0 bridgehead atoms. The molecule has 0 aliphatic carbocycles. The predicted octanol–water partition coefficient (Wildman–Crippen LogP) is 4.08. The standard InChI is InChI=1S/C13H7Cl2F2NO/c14-8-3-1-2-6(12(8)18)13(19)7-4-10(16)11(17)5-9(7)15/h1-5H,18H2. The summed E-state index contributed by atoms with van der Waals surface area (Å²) < 4.78 is 26.1. The number of rotatable bonds is 2. The van der Waals surface area contributed by atoms with E-state index in [0.717, 1.165) is 12.1 Å². The molecule has 2 rings (SSSR count). The van der Waals surface area contributed by atoms with Crippen molar-refractivity contribution in [2.45, 2.75) is 0 Å². The van der Waals surface area contributed by atoms with Crippen molar-refractivity contribution < 1.29 is 13.6 Å². The van der Waals surface area contributed by atoms with Crippen LogP contribution in [0.5, 0.6) is 0 Å². The van der Waals surface area contributed by atoms with Crippen LogP contribution < -0.4 is 5.73 Å². The van der Waals surface area contributed by atoms with Crippen LogP contribution in [-0.4, -0.2) is 5.78 Å². The molecule has 2 N–H and O–H groups in total. The molecule has 0 unspecified atom stereocenters. The summed E-state index contributed by atoms with van der Waals surface area (Å²) in [6.07, 6.45) is 0. The smallest absolute Gasteiger partial charge is 0.196 e. The highest BCUT2D eigenvalue weighted by molar-refractivity contribution is 6.36. The van der Waals surface area contributed by atoms with Gasteiger partial charge in [-0.1, -0.05) is 29.3 Å². The minimum atomic E-state index is -1.16. The maximum absolute atomic E-state index is 13.2. The van der Waals surface area contributed by atoms with Crippen molar-refractivity contribution in [3.63, 3.8) is 0 Å². The average molecular weight is 302 g/mol. The van der Waals surface area contributed by atoms with Gasteiger partial charge < -0.3 is 5.73 Å². The third-order valence-electron chi connectivity index (χ3n) is 2.55. The molecule has 98 valence electrons. The van der Waals surface area contributed by atoms with E-state index < -0.39 is 17.4 Å². The molecule has 19 heavy (non-hydrogen) atoms. The van der Waals surface area contributed by atoms with Gasteiger partial charge in [-0.25, -0.2) is 8.78 Å². The van der Waals surface area contributed by atoms with Crippen molar-refractivity contribution in [3.8, 4) is 0 Å². The molecule has 2 nitrogen and oxygen atoms in total. The number of carbonyl (C=O) groups excluding carboxylic acids is 1. The summed E-state index contributed by atoms with van der Waals surface area (Å²) in [6.45, 7) is 0. The zero-order valence-corrected chi connectivity index (χ0v) is 10.9. The summed E-state index contributed by atoms with van der Waals surface area (Å²) in [6, 6.07) is 5.95. The van der Waals surface area contributed by atoms with Gasteiger partial charge in [-0.3, -0.25) is 4.79 Å². The molecule has 0 saturated heterocycles. The summed E-state index contributed by atoms with van der Waals surface area (Å²) in [4.78, 5) is 12.2. The fourth-order valence-corrected chi connectivity index (χ4v) is 1.99. The third kappa shape index (κ3) is 2.55. The lowest BCUT2D eigenvalue weighted by Crippen LogP contribution is -2.07. The molecular formula is C13H7Cl2F2NO. The second-order valence-corrected chi connectivity index (χ2v) is 4.59. The van der Waals surface area contributed by atoms with Crippen molar-refractivity contribution in [3.05, 3.63) is 63.1 Å². The number of hydrogen-bond acceptors (Lipinski definition) is 2. The molecule has 0 amide bonds. The largest absolute Gasteiger partial charge is 0.397 e. The van der Waals surface area contributed by atoms with E-state index in [9.17, 15) is 13.6 Å². The van der Waals surface area contributed by atoms with Crippen LogP contribution in [0.2, 0.25) is 10.0 Å². The van der Waals surface area contributed by atoms with Gasteiger partial charge in [0.25, 0.3) is 0 Å². The minimum Gasteiger partial charge on any atom is -0.397 e. The van der Waals surface area contributed by atoms with E-state index in [1.165, 1.54) is 18.2 Å². The van der Waals surface area contributed by atoms with Crippen molar-refractivity contribution in [2.75, 3.05) is 5.73 Å². The highest BCUT2D eigenvalue weighted by Crippen LogP contribution is 2.28. The zero-order valence-electron chi connectivity index (χ0n) is 9.38. The molecule has 0 spiro atoms. The number of anilines is 1. The van der Waals surface area contributed by atoms with Crippen LogP contribution in [0.4, 0.5) is 14.5 Å². The maximum Gasteiger partial charge on any atom is 0.196 e. The van der Waals surface area contributed by atoms with E-state index >= 15 is 0 Å². The van der Waals surface area contributed by atoms with Crippen LogP contribution in [0, 0.1) is 11.6 Å². The van der Waals surface area contributed by atoms with Crippen LogP contribution in [0.3, 0.4) is 0 Å². The molecule has 0 fully saturated rings. The van der Waals surface area contributed by atoms with Crippen molar-refractivity contribution in [2.24, 2.45) is 0 Å². The predicted molar refractivity (Wildman–Crippen MR) is 70.7 cm³/mol. The number of halogens is 4. The highest BCUT2D eigenvalue weighted by Gasteiger charge is 2.19. The van der Waals surface area contributed by atoms with Crippen LogP contribution >= 0.6 is 23.2 Å². The van der Waals surface area contributed by atoms with Crippen molar-refractivity contribution in [1.29, 1.82) is 0 Å². The monoisotopic (exact) mass is 301 g/mol. The Morgan fingerprint density at radius 1 is 1.00 bits per heavy atom. The lowest BCUT2D eigenvalue weighted by molar-refractivity contribution is 0.103. The van der Waals surface area contributed by atoms with Gasteiger partial charge in [0.05, 0.1) is 15.7 Å². The quantitative estimate of drug-likeness (QED) is 0.516. The molecule has 0 aliphatic heterocycles. The van der Waals surface area contributed by atoms with Gasteiger partial charge in [0.15, 0.2) is 17.4 Å². The van der Waals surface area contributed by atoms with Gasteiger partial charge >= 0.3 is 0 Å². The second-order valence-electron chi connectivity index (χ2n) is 3.78. The van der Waals surface area contributed by atoms with Crippen LogP contribution in [0.15, 0.2) is 30.3 Å². The first-order chi connectivity index (χ1) is 8.91. The Bertz CT molecular complexity index is 674. The van der Waals surface area contributed by atoms with Gasteiger partial charge in [-0.2, -0.15) is 0 Å². The molecule has 6 heteroatoms. The fourth-order valence-electron chi connectivity index (χ4n) is 1.58. The van der Waals surface area contributed by atoms with E-state index in [4.69, 9.17) is 28.9 Å². The Morgan fingerprint density at radius 2 is 1.63 bits per heavy atom. The first kappa shape index (κ1) is 13.8. The number of carbonyl (C=O) groups is 1. The van der Waals surface area contributed by atoms with E-state index in [2.05, 4.69) is 0 Å². The van der Waals surface area contributed by atoms with Crippen LogP contribution in [0.25, 0.3) is 0 Å². The van der Waals surface area contributed by atoms with E-state index in [1.807, 2.05) is 0 Å². The van der Waals surface area contributed by atoms with Gasteiger partial charge in [-0.05, 0) is 24.3 Å². The summed E-state index contributed by atoms with van der Waals surface area (Å²) >= 11 is 11.5. The lowest BCUT2D eigenvalue weighted by Gasteiger charge is -2.08. The number of para-hydroxylation sites is 1. The molecule has 0 aliphatic rings. The summed E-state index contributed by atoms with van der Waals surface area (Å²) in [5.74, 6) is -2.90. The van der Waals surface area contributed by atoms with Gasteiger partial charge in [-0.15, -0.1) is 0 Å². The van der Waals surface area contributed by atoms with Crippen LogP contribution in [-0.2, 0) is 0 Å². The van der Waals surface area contributed by atoms with E-state index in [0.29, 0.717) is 0 Å². The molecule has 0 saturated carbocycles. The topological polar surface area (TPSA) is 43.1 Å². The number of nitrogen functional groups attached to an aromatic ring is 1. The van der Waals surface area contributed by atoms with E-state index in [1.54, 1.807) is 0 Å². The molecule has 0 heterocycles. The maximum atomic E-state index is 13.2.